The summed E-state index contributed by atoms with van der Waals surface area (Å²) < 4.78 is 5.47. The Morgan fingerprint density at radius 3 is 2.88 bits per heavy atom. The molecular weight excluding hydrogens is 304 g/mol. The van der Waals surface area contributed by atoms with Crippen molar-refractivity contribution in [3.05, 3.63) is 18.3 Å². The molecule has 6 heteroatoms. The highest BCUT2D eigenvalue weighted by Gasteiger charge is 2.35. The Hall–Kier alpha value is -1.82. The third-order valence-electron chi connectivity index (χ3n) is 5.16. The molecule has 1 aliphatic carbocycles. The number of anilines is 2. The number of hydrogen-bond donors (Lipinski definition) is 1. The summed E-state index contributed by atoms with van der Waals surface area (Å²) in [6, 6.07) is 4.26. The van der Waals surface area contributed by atoms with Crippen LogP contribution in [-0.2, 0) is 4.74 Å². The van der Waals surface area contributed by atoms with Gasteiger partial charge >= 0.3 is 6.03 Å². The van der Waals surface area contributed by atoms with Gasteiger partial charge in [0.15, 0.2) is 5.82 Å². The van der Waals surface area contributed by atoms with Gasteiger partial charge in [-0.05, 0) is 44.2 Å². The lowest BCUT2D eigenvalue weighted by molar-refractivity contribution is 0.167. The fraction of sp³-hybridized carbons (Fsp3) is 0.667. The van der Waals surface area contributed by atoms with Crippen LogP contribution < -0.4 is 10.2 Å². The zero-order valence-corrected chi connectivity index (χ0v) is 14.1. The number of hydrogen-bond acceptors (Lipinski definition) is 4. The zero-order valence-electron chi connectivity index (χ0n) is 14.1. The Kier molecular flexibility index (Phi) is 4.56. The van der Waals surface area contributed by atoms with Gasteiger partial charge in [-0.2, -0.15) is 0 Å². The fourth-order valence-corrected chi connectivity index (χ4v) is 3.65. The summed E-state index contributed by atoms with van der Waals surface area (Å²) in [5, 5.41) is 3.12. The molecule has 1 atom stereocenters. The number of carbonyl (C=O) groups excluding carboxylic acids is 1. The minimum atomic E-state index is 0.0119. The Labute approximate surface area is 143 Å². The van der Waals surface area contributed by atoms with Gasteiger partial charge in [-0.1, -0.05) is 0 Å². The molecule has 0 aromatic carbocycles. The summed E-state index contributed by atoms with van der Waals surface area (Å²) in [5.74, 6) is 1.38. The Morgan fingerprint density at radius 1 is 1.33 bits per heavy atom. The number of pyridine rings is 1. The van der Waals surface area contributed by atoms with E-state index < -0.39 is 0 Å². The first-order valence-electron chi connectivity index (χ1n) is 9.16. The Bertz CT molecular complexity index is 578. The number of ether oxygens (including phenoxy) is 1. The lowest BCUT2D eigenvalue weighted by Gasteiger charge is -2.27. The molecule has 3 heterocycles. The minimum Gasteiger partial charge on any atom is -0.381 e. The van der Waals surface area contributed by atoms with Crippen molar-refractivity contribution in [2.24, 2.45) is 5.92 Å². The first kappa shape index (κ1) is 15.7. The molecule has 130 valence electrons. The Balaban J connectivity index is 1.46. The molecule has 3 fully saturated rings. The van der Waals surface area contributed by atoms with E-state index in [1.807, 2.05) is 17.0 Å². The van der Waals surface area contributed by atoms with Gasteiger partial charge in [-0.25, -0.2) is 9.78 Å². The molecule has 1 N–H and O–H groups in total. The monoisotopic (exact) mass is 330 g/mol. The van der Waals surface area contributed by atoms with Crippen LogP contribution in [0.15, 0.2) is 18.3 Å². The van der Waals surface area contributed by atoms with Crippen LogP contribution in [0.5, 0.6) is 0 Å². The van der Waals surface area contributed by atoms with Gasteiger partial charge < -0.3 is 19.9 Å². The molecule has 0 spiro atoms. The molecule has 1 aromatic rings. The first-order valence-corrected chi connectivity index (χ1v) is 9.16. The van der Waals surface area contributed by atoms with Gasteiger partial charge in [0.05, 0.1) is 12.3 Å². The quantitative estimate of drug-likeness (QED) is 0.902. The first-order chi connectivity index (χ1) is 11.8. The third kappa shape index (κ3) is 3.48. The van der Waals surface area contributed by atoms with E-state index in [2.05, 4.69) is 15.2 Å². The third-order valence-corrected chi connectivity index (χ3v) is 5.16. The number of urea groups is 1. The van der Waals surface area contributed by atoms with Crippen LogP contribution in [0, 0.1) is 5.92 Å². The van der Waals surface area contributed by atoms with E-state index in [1.165, 1.54) is 12.8 Å². The normalized spacial score (nSPS) is 23.5. The molecule has 2 amide bonds. The smallest absolute Gasteiger partial charge is 0.322 e. The summed E-state index contributed by atoms with van der Waals surface area (Å²) >= 11 is 0. The van der Waals surface area contributed by atoms with Crippen molar-refractivity contribution in [3.63, 3.8) is 0 Å². The summed E-state index contributed by atoms with van der Waals surface area (Å²) in [7, 11) is 0. The fourth-order valence-electron chi connectivity index (χ4n) is 3.65. The molecule has 0 radical (unpaired) electrons. The van der Waals surface area contributed by atoms with Crippen molar-refractivity contribution in [2.45, 2.75) is 38.1 Å². The molecule has 6 nitrogen and oxygen atoms in total. The van der Waals surface area contributed by atoms with Crippen molar-refractivity contribution >= 4 is 17.5 Å². The summed E-state index contributed by atoms with van der Waals surface area (Å²) in [6.45, 7) is 4.45. The van der Waals surface area contributed by atoms with Crippen LogP contribution in [0.25, 0.3) is 0 Å². The highest BCUT2D eigenvalue weighted by Crippen LogP contribution is 2.31. The molecule has 4 rings (SSSR count). The molecule has 1 saturated carbocycles. The van der Waals surface area contributed by atoms with E-state index in [4.69, 9.17) is 4.74 Å². The lowest BCUT2D eigenvalue weighted by atomic mass is 10.1. The topological polar surface area (TPSA) is 57.7 Å². The van der Waals surface area contributed by atoms with E-state index in [9.17, 15) is 4.79 Å². The van der Waals surface area contributed by atoms with Gasteiger partial charge in [-0.15, -0.1) is 0 Å². The molecule has 24 heavy (non-hydrogen) atoms. The number of aromatic nitrogens is 1. The molecule has 0 bridgehead atoms. The van der Waals surface area contributed by atoms with Gasteiger partial charge in [0.1, 0.15) is 0 Å². The van der Waals surface area contributed by atoms with E-state index >= 15 is 0 Å². The number of rotatable bonds is 5. The van der Waals surface area contributed by atoms with E-state index in [1.54, 1.807) is 6.20 Å². The van der Waals surface area contributed by atoms with Gasteiger partial charge in [0.25, 0.3) is 0 Å². The van der Waals surface area contributed by atoms with Gasteiger partial charge in [-0.3, -0.25) is 0 Å². The highest BCUT2D eigenvalue weighted by atomic mass is 16.5. The summed E-state index contributed by atoms with van der Waals surface area (Å²) in [4.78, 5) is 21.7. The van der Waals surface area contributed by atoms with Crippen molar-refractivity contribution in [2.75, 3.05) is 43.1 Å². The van der Waals surface area contributed by atoms with Gasteiger partial charge in [0, 0.05) is 44.4 Å². The van der Waals surface area contributed by atoms with Crippen molar-refractivity contribution in [3.8, 4) is 0 Å². The maximum Gasteiger partial charge on any atom is 0.322 e. The molecule has 3 aliphatic rings. The molecule has 2 aliphatic heterocycles. The average Bonchev–Trinajstić information content (AvgIpc) is 3.08. The highest BCUT2D eigenvalue weighted by molar-refractivity contribution is 5.92. The van der Waals surface area contributed by atoms with Crippen LogP contribution in [0.3, 0.4) is 0 Å². The number of nitrogens with one attached hydrogen (secondary N) is 1. The van der Waals surface area contributed by atoms with Crippen molar-refractivity contribution in [1.82, 2.24) is 9.88 Å². The molecule has 0 unspecified atom stereocenters. The average molecular weight is 330 g/mol. The SMILES string of the molecule is O=C(Nc1cccnc1N1CCCC1)N(C[C@@H]1CCOC1)C1CC1. The maximum absolute atomic E-state index is 12.9. The zero-order chi connectivity index (χ0) is 16.4. The largest absolute Gasteiger partial charge is 0.381 e. The van der Waals surface area contributed by atoms with Crippen LogP contribution >= 0.6 is 0 Å². The number of nitrogens with zero attached hydrogens (tertiary/aromatic N) is 3. The second kappa shape index (κ2) is 6.97. The standard InChI is InChI=1S/C18H26N4O2/c23-18(22(15-5-6-15)12-14-7-11-24-13-14)20-16-4-3-8-19-17(16)21-9-1-2-10-21/h3-4,8,14-15H,1-2,5-7,9-13H2,(H,20,23)/t14-/m0/s1. The summed E-state index contributed by atoms with van der Waals surface area (Å²) in [5.41, 5.74) is 0.831. The lowest BCUT2D eigenvalue weighted by Crippen LogP contribution is -2.40. The minimum absolute atomic E-state index is 0.0119. The molecule has 2 saturated heterocycles. The van der Waals surface area contributed by atoms with Crippen LogP contribution in [0.4, 0.5) is 16.3 Å². The molecule has 1 aromatic heterocycles. The van der Waals surface area contributed by atoms with Crippen molar-refractivity contribution < 1.29 is 9.53 Å². The van der Waals surface area contributed by atoms with Crippen molar-refractivity contribution in [1.29, 1.82) is 0 Å². The Morgan fingerprint density at radius 2 is 2.17 bits per heavy atom. The van der Waals surface area contributed by atoms with E-state index in [0.717, 1.165) is 63.6 Å². The second-order valence-electron chi connectivity index (χ2n) is 7.11. The van der Waals surface area contributed by atoms with E-state index in [0.29, 0.717) is 12.0 Å². The van der Waals surface area contributed by atoms with Gasteiger partial charge in [0.2, 0.25) is 0 Å². The van der Waals surface area contributed by atoms with Crippen LogP contribution in [0.1, 0.15) is 32.1 Å². The van der Waals surface area contributed by atoms with Crippen LogP contribution in [0.2, 0.25) is 0 Å². The number of amides is 2. The predicted molar refractivity (Wildman–Crippen MR) is 93.4 cm³/mol. The van der Waals surface area contributed by atoms with E-state index in [-0.39, 0.29) is 6.03 Å². The predicted octanol–water partition coefficient (Wildman–Crippen LogP) is 2.71. The van der Waals surface area contributed by atoms with Crippen LogP contribution in [-0.4, -0.2) is 54.8 Å². The second-order valence-corrected chi connectivity index (χ2v) is 7.11. The number of carbonyl (C=O) groups is 1. The maximum atomic E-state index is 12.9. The molecular formula is C18H26N4O2. The summed E-state index contributed by atoms with van der Waals surface area (Å²) in [6.07, 6.45) is 7.49.